The third-order valence-electron chi connectivity index (χ3n) is 5.30. The van der Waals surface area contributed by atoms with Gasteiger partial charge in [0.2, 0.25) is 5.91 Å². The zero-order valence-electron chi connectivity index (χ0n) is 17.1. The highest BCUT2D eigenvalue weighted by Gasteiger charge is 2.22. The lowest BCUT2D eigenvalue weighted by molar-refractivity contribution is -0.146. The highest BCUT2D eigenvalue weighted by molar-refractivity contribution is 5.78. The van der Waals surface area contributed by atoms with Crippen LogP contribution in [0.1, 0.15) is 78.1 Å². The largest absolute Gasteiger partial charge is 0.469 e. The predicted octanol–water partition coefficient (Wildman–Crippen LogP) is 4.19. The fraction of sp³-hybridized carbons (Fsp3) is 0.905. The molecule has 5 heteroatoms. The van der Waals surface area contributed by atoms with Gasteiger partial charge in [-0.1, -0.05) is 52.4 Å². The minimum Gasteiger partial charge on any atom is -0.469 e. The Balaban J connectivity index is 2.43. The van der Waals surface area contributed by atoms with E-state index in [0.717, 1.165) is 32.3 Å². The summed E-state index contributed by atoms with van der Waals surface area (Å²) < 4.78 is 10.4. The van der Waals surface area contributed by atoms with Crippen molar-refractivity contribution in [1.82, 2.24) is 4.90 Å². The van der Waals surface area contributed by atoms with E-state index in [1.807, 2.05) is 11.8 Å². The molecule has 0 aromatic rings. The van der Waals surface area contributed by atoms with Gasteiger partial charge in [0.1, 0.15) is 0 Å². The second kappa shape index (κ2) is 14.0. The molecule has 0 aromatic heterocycles. The third kappa shape index (κ3) is 9.56. The van der Waals surface area contributed by atoms with Gasteiger partial charge in [0.05, 0.1) is 13.0 Å². The van der Waals surface area contributed by atoms with Crippen LogP contribution in [0.2, 0.25) is 0 Å². The summed E-state index contributed by atoms with van der Waals surface area (Å²) in [6.07, 6.45) is 11.1. The van der Waals surface area contributed by atoms with Gasteiger partial charge in [0.25, 0.3) is 0 Å². The topological polar surface area (TPSA) is 55.8 Å². The molecule has 5 nitrogen and oxygen atoms in total. The van der Waals surface area contributed by atoms with Crippen LogP contribution in [0.25, 0.3) is 0 Å². The molecule has 1 saturated carbocycles. The van der Waals surface area contributed by atoms with E-state index in [1.54, 1.807) is 0 Å². The Kier molecular flexibility index (Phi) is 12.4. The average molecular weight is 370 g/mol. The van der Waals surface area contributed by atoms with Crippen LogP contribution in [-0.4, -0.2) is 50.2 Å². The van der Waals surface area contributed by atoms with E-state index in [2.05, 4.69) is 6.92 Å². The second-order valence-corrected chi connectivity index (χ2v) is 7.63. The number of hydrogen-bond acceptors (Lipinski definition) is 4. The first-order valence-electron chi connectivity index (χ1n) is 10.5. The van der Waals surface area contributed by atoms with Crippen LogP contribution in [0.5, 0.6) is 0 Å². The molecule has 1 aliphatic rings. The van der Waals surface area contributed by atoms with Crippen molar-refractivity contribution in [2.75, 3.05) is 33.4 Å². The molecule has 0 radical (unpaired) electrons. The minimum absolute atomic E-state index is 0.167. The maximum atomic E-state index is 12.7. The SMILES string of the molecule is CCCCOCCCN(CC(C)C(=O)OC)C(=O)CCC1CCCCC1. The van der Waals surface area contributed by atoms with Crippen LogP contribution < -0.4 is 0 Å². The van der Waals surface area contributed by atoms with Gasteiger partial charge in [-0.3, -0.25) is 9.59 Å². The number of unbranched alkanes of at least 4 members (excludes halogenated alkanes) is 1. The molecule has 0 bridgehead atoms. The number of carbonyl (C=O) groups is 2. The monoisotopic (exact) mass is 369 g/mol. The Morgan fingerprint density at radius 2 is 1.81 bits per heavy atom. The molecule has 1 atom stereocenters. The molecule has 1 fully saturated rings. The highest BCUT2D eigenvalue weighted by Crippen LogP contribution is 2.27. The van der Waals surface area contributed by atoms with Gasteiger partial charge in [-0.2, -0.15) is 0 Å². The standard InChI is InChI=1S/C21H39NO4/c1-4-5-15-26-16-9-14-22(17-18(2)21(24)25-3)20(23)13-12-19-10-7-6-8-11-19/h18-19H,4-17H2,1-3H3. The lowest BCUT2D eigenvalue weighted by Crippen LogP contribution is -2.38. The van der Waals surface area contributed by atoms with Gasteiger partial charge >= 0.3 is 5.97 Å². The molecule has 0 aromatic carbocycles. The van der Waals surface area contributed by atoms with Gasteiger partial charge < -0.3 is 14.4 Å². The number of carbonyl (C=O) groups excluding carboxylic acids is 2. The molecule has 0 saturated heterocycles. The Hall–Kier alpha value is -1.10. The van der Waals surface area contributed by atoms with Crippen molar-refractivity contribution < 1.29 is 19.1 Å². The number of rotatable bonds is 13. The van der Waals surface area contributed by atoms with Gasteiger partial charge in [-0.05, 0) is 25.2 Å². The van der Waals surface area contributed by atoms with Crippen molar-refractivity contribution >= 4 is 11.9 Å². The average Bonchev–Trinajstić information content (AvgIpc) is 2.67. The van der Waals surface area contributed by atoms with Crippen LogP contribution in [-0.2, 0) is 19.1 Å². The Labute approximate surface area is 159 Å². The van der Waals surface area contributed by atoms with Crippen LogP contribution >= 0.6 is 0 Å². The first-order chi connectivity index (χ1) is 12.6. The van der Waals surface area contributed by atoms with E-state index in [-0.39, 0.29) is 17.8 Å². The number of methoxy groups -OCH3 is 1. The molecule has 152 valence electrons. The van der Waals surface area contributed by atoms with Crippen LogP contribution in [0.15, 0.2) is 0 Å². The number of amides is 1. The minimum atomic E-state index is -0.292. The summed E-state index contributed by atoms with van der Waals surface area (Å²) in [5.74, 6) is 0.318. The van der Waals surface area contributed by atoms with Crippen molar-refractivity contribution in [1.29, 1.82) is 0 Å². The Bertz CT molecular complexity index is 393. The van der Waals surface area contributed by atoms with Gasteiger partial charge in [-0.15, -0.1) is 0 Å². The summed E-state index contributed by atoms with van der Waals surface area (Å²) >= 11 is 0. The fourth-order valence-electron chi connectivity index (χ4n) is 3.59. The molecular weight excluding hydrogens is 330 g/mol. The lowest BCUT2D eigenvalue weighted by Gasteiger charge is -2.27. The normalized spacial score (nSPS) is 16.3. The maximum absolute atomic E-state index is 12.7. The van der Waals surface area contributed by atoms with Crippen molar-refractivity contribution in [3.8, 4) is 0 Å². The Morgan fingerprint density at radius 1 is 1.12 bits per heavy atom. The predicted molar refractivity (Wildman–Crippen MR) is 104 cm³/mol. The summed E-state index contributed by atoms with van der Waals surface area (Å²) in [6.45, 7) is 6.50. The van der Waals surface area contributed by atoms with Crippen LogP contribution in [0.4, 0.5) is 0 Å². The van der Waals surface area contributed by atoms with E-state index in [1.165, 1.54) is 39.2 Å². The summed E-state index contributed by atoms with van der Waals surface area (Å²) in [5.41, 5.74) is 0. The smallest absolute Gasteiger partial charge is 0.310 e. The lowest BCUT2D eigenvalue weighted by atomic mass is 9.86. The molecule has 0 N–H and O–H groups in total. The molecule has 1 rings (SSSR count). The summed E-state index contributed by atoms with van der Waals surface area (Å²) in [7, 11) is 1.40. The van der Waals surface area contributed by atoms with Gasteiger partial charge in [0.15, 0.2) is 0 Å². The molecule has 1 amide bonds. The molecule has 26 heavy (non-hydrogen) atoms. The summed E-state index contributed by atoms with van der Waals surface area (Å²) in [4.78, 5) is 26.3. The first-order valence-corrected chi connectivity index (χ1v) is 10.5. The van der Waals surface area contributed by atoms with E-state index >= 15 is 0 Å². The molecule has 0 spiro atoms. The van der Waals surface area contributed by atoms with Crippen molar-refractivity contribution in [3.05, 3.63) is 0 Å². The number of ether oxygens (including phenoxy) is 2. The summed E-state index contributed by atoms with van der Waals surface area (Å²) in [5, 5.41) is 0. The first kappa shape index (κ1) is 22.9. The zero-order valence-corrected chi connectivity index (χ0v) is 17.1. The number of nitrogens with zero attached hydrogens (tertiary/aromatic N) is 1. The van der Waals surface area contributed by atoms with Crippen LogP contribution in [0, 0.1) is 11.8 Å². The quantitative estimate of drug-likeness (QED) is 0.361. The fourth-order valence-corrected chi connectivity index (χ4v) is 3.59. The van der Waals surface area contributed by atoms with E-state index < -0.39 is 0 Å². The molecule has 0 aliphatic heterocycles. The molecule has 1 unspecified atom stereocenters. The van der Waals surface area contributed by atoms with Crippen LogP contribution in [0.3, 0.4) is 0 Å². The van der Waals surface area contributed by atoms with Crippen molar-refractivity contribution in [2.45, 2.75) is 78.1 Å². The highest BCUT2D eigenvalue weighted by atomic mass is 16.5. The van der Waals surface area contributed by atoms with E-state index in [4.69, 9.17) is 9.47 Å². The van der Waals surface area contributed by atoms with E-state index in [0.29, 0.717) is 32.0 Å². The second-order valence-electron chi connectivity index (χ2n) is 7.63. The number of esters is 1. The zero-order chi connectivity index (χ0) is 19.2. The van der Waals surface area contributed by atoms with E-state index in [9.17, 15) is 9.59 Å². The van der Waals surface area contributed by atoms with Gasteiger partial charge in [-0.25, -0.2) is 0 Å². The van der Waals surface area contributed by atoms with Crippen molar-refractivity contribution in [3.63, 3.8) is 0 Å². The van der Waals surface area contributed by atoms with Gasteiger partial charge in [0, 0.05) is 32.7 Å². The molecule has 1 aliphatic carbocycles. The third-order valence-corrected chi connectivity index (χ3v) is 5.30. The molecule has 0 heterocycles. The van der Waals surface area contributed by atoms with Crippen molar-refractivity contribution in [2.24, 2.45) is 11.8 Å². The Morgan fingerprint density at radius 3 is 2.46 bits per heavy atom. The molecular formula is C21H39NO4. The summed E-state index contributed by atoms with van der Waals surface area (Å²) in [6, 6.07) is 0. The number of hydrogen-bond donors (Lipinski definition) is 0. The maximum Gasteiger partial charge on any atom is 0.310 e.